The molecule has 0 fully saturated rings. The van der Waals surface area contributed by atoms with Crippen molar-refractivity contribution in [3.8, 4) is 5.75 Å². The van der Waals surface area contributed by atoms with Gasteiger partial charge in [0.25, 0.3) is 5.91 Å². The number of ether oxygens (including phenoxy) is 2. The monoisotopic (exact) mass is 486 g/mol. The van der Waals surface area contributed by atoms with E-state index in [1.807, 2.05) is 13.8 Å². The van der Waals surface area contributed by atoms with Crippen molar-refractivity contribution < 1.29 is 23.9 Å². The predicted octanol–water partition coefficient (Wildman–Crippen LogP) is 4.47. The zero-order chi connectivity index (χ0) is 25.2. The van der Waals surface area contributed by atoms with Crippen LogP contribution in [0.2, 0.25) is 5.02 Å². The summed E-state index contributed by atoms with van der Waals surface area (Å²) in [4.78, 5) is 38.1. The fourth-order valence-corrected chi connectivity index (χ4v) is 4.23. The SMILES string of the molecule is CC(=O)c1ccc2c(c1)[C@H](NC(=O)c1cccc(Cl)c1)[C@@H](OC(=O)[C@@H](N)CC(C)C)C(C)(C)O2. The van der Waals surface area contributed by atoms with Crippen molar-refractivity contribution in [3.63, 3.8) is 0 Å². The lowest BCUT2D eigenvalue weighted by atomic mass is 9.85. The van der Waals surface area contributed by atoms with Crippen molar-refractivity contribution in [2.24, 2.45) is 11.7 Å². The summed E-state index contributed by atoms with van der Waals surface area (Å²) in [6.45, 7) is 8.94. The van der Waals surface area contributed by atoms with E-state index in [1.165, 1.54) is 6.92 Å². The minimum Gasteiger partial charge on any atom is -0.484 e. The van der Waals surface area contributed by atoms with Crippen LogP contribution in [0.4, 0.5) is 0 Å². The van der Waals surface area contributed by atoms with E-state index in [4.69, 9.17) is 26.8 Å². The molecule has 1 aliphatic heterocycles. The lowest BCUT2D eigenvalue weighted by molar-refractivity contribution is -0.167. The molecule has 3 rings (SSSR count). The highest BCUT2D eigenvalue weighted by atomic mass is 35.5. The second-order valence-electron chi connectivity index (χ2n) is 9.57. The Hall–Kier alpha value is -2.90. The summed E-state index contributed by atoms with van der Waals surface area (Å²) in [5, 5.41) is 3.39. The van der Waals surface area contributed by atoms with Gasteiger partial charge in [0.1, 0.15) is 17.4 Å². The fraction of sp³-hybridized carbons (Fsp3) is 0.423. The number of halogens is 1. The highest BCUT2D eigenvalue weighted by Crippen LogP contribution is 2.42. The number of rotatable bonds is 7. The van der Waals surface area contributed by atoms with E-state index in [1.54, 1.807) is 56.3 Å². The average molecular weight is 487 g/mol. The largest absolute Gasteiger partial charge is 0.484 e. The first-order chi connectivity index (χ1) is 15.9. The molecule has 2 aromatic rings. The normalized spacial score (nSPS) is 19.5. The molecule has 2 aromatic carbocycles. The maximum Gasteiger partial charge on any atom is 0.323 e. The molecule has 7 nitrogen and oxygen atoms in total. The lowest BCUT2D eigenvalue weighted by Crippen LogP contribution is -2.56. The van der Waals surface area contributed by atoms with E-state index in [9.17, 15) is 14.4 Å². The maximum absolute atomic E-state index is 13.2. The highest BCUT2D eigenvalue weighted by molar-refractivity contribution is 6.30. The summed E-state index contributed by atoms with van der Waals surface area (Å²) in [6, 6.07) is 9.94. The van der Waals surface area contributed by atoms with E-state index in [-0.39, 0.29) is 11.7 Å². The summed E-state index contributed by atoms with van der Waals surface area (Å²) in [5.41, 5.74) is 6.42. The summed E-state index contributed by atoms with van der Waals surface area (Å²) in [5.74, 6) is -0.430. The number of esters is 1. The molecule has 1 aliphatic rings. The number of hydrogen-bond donors (Lipinski definition) is 2. The molecular formula is C26H31ClN2O5. The number of carbonyl (C=O) groups excluding carboxylic acids is 3. The molecular weight excluding hydrogens is 456 g/mol. The van der Waals surface area contributed by atoms with Gasteiger partial charge in [-0.2, -0.15) is 0 Å². The summed E-state index contributed by atoms with van der Waals surface area (Å²) in [6.07, 6.45) is -0.451. The smallest absolute Gasteiger partial charge is 0.323 e. The van der Waals surface area contributed by atoms with Crippen molar-refractivity contribution in [2.75, 3.05) is 0 Å². The third-order valence-electron chi connectivity index (χ3n) is 5.76. The number of amides is 1. The van der Waals surface area contributed by atoms with Gasteiger partial charge < -0.3 is 20.5 Å². The van der Waals surface area contributed by atoms with Crippen molar-refractivity contribution in [1.82, 2.24) is 5.32 Å². The molecule has 8 heteroatoms. The summed E-state index contributed by atoms with van der Waals surface area (Å²) >= 11 is 6.07. The van der Waals surface area contributed by atoms with Gasteiger partial charge in [-0.15, -0.1) is 0 Å². The lowest BCUT2D eigenvalue weighted by Gasteiger charge is -2.44. The van der Waals surface area contributed by atoms with Crippen LogP contribution in [0.15, 0.2) is 42.5 Å². The number of nitrogens with two attached hydrogens (primary N) is 1. The van der Waals surface area contributed by atoms with E-state index < -0.39 is 35.7 Å². The van der Waals surface area contributed by atoms with Gasteiger partial charge in [-0.05, 0) is 69.5 Å². The number of benzene rings is 2. The van der Waals surface area contributed by atoms with Gasteiger partial charge in [-0.25, -0.2) is 0 Å². The molecule has 3 atom stereocenters. The Bertz CT molecular complexity index is 1100. The van der Waals surface area contributed by atoms with Gasteiger partial charge in [0.05, 0.1) is 6.04 Å². The molecule has 0 aliphatic carbocycles. The number of carbonyl (C=O) groups is 3. The summed E-state index contributed by atoms with van der Waals surface area (Å²) in [7, 11) is 0. The predicted molar refractivity (Wildman–Crippen MR) is 130 cm³/mol. The van der Waals surface area contributed by atoms with Crippen molar-refractivity contribution in [1.29, 1.82) is 0 Å². The molecule has 0 saturated carbocycles. The first-order valence-electron chi connectivity index (χ1n) is 11.3. The molecule has 0 spiro atoms. The average Bonchev–Trinajstić information content (AvgIpc) is 2.74. The zero-order valence-corrected chi connectivity index (χ0v) is 20.8. The molecule has 0 unspecified atom stereocenters. The Balaban J connectivity index is 2.03. The van der Waals surface area contributed by atoms with Crippen molar-refractivity contribution >= 4 is 29.3 Å². The van der Waals surface area contributed by atoms with Crippen LogP contribution in [0.25, 0.3) is 0 Å². The number of hydrogen-bond acceptors (Lipinski definition) is 6. The van der Waals surface area contributed by atoms with E-state index in [0.717, 1.165) is 0 Å². The minimum atomic E-state index is -0.996. The van der Waals surface area contributed by atoms with Crippen molar-refractivity contribution in [2.45, 2.75) is 64.8 Å². The van der Waals surface area contributed by atoms with Crippen LogP contribution in [0.1, 0.15) is 73.4 Å². The van der Waals surface area contributed by atoms with Crippen LogP contribution >= 0.6 is 11.6 Å². The van der Waals surface area contributed by atoms with Gasteiger partial charge >= 0.3 is 5.97 Å². The molecule has 3 N–H and O–H groups in total. The topological polar surface area (TPSA) is 108 Å². The Morgan fingerprint density at radius 3 is 2.47 bits per heavy atom. The third-order valence-corrected chi connectivity index (χ3v) is 5.99. The number of ketones is 1. The number of fused-ring (bicyclic) bond motifs is 1. The summed E-state index contributed by atoms with van der Waals surface area (Å²) < 4.78 is 12.0. The Kier molecular flexibility index (Phi) is 7.68. The third kappa shape index (κ3) is 5.77. The molecule has 0 aromatic heterocycles. The van der Waals surface area contributed by atoms with E-state index in [2.05, 4.69) is 5.32 Å². The number of nitrogens with one attached hydrogen (secondary N) is 1. The van der Waals surface area contributed by atoms with Crippen LogP contribution in [-0.4, -0.2) is 35.4 Å². The van der Waals surface area contributed by atoms with Gasteiger partial charge in [-0.3, -0.25) is 14.4 Å². The van der Waals surface area contributed by atoms with Gasteiger partial charge in [0.2, 0.25) is 0 Å². The quantitative estimate of drug-likeness (QED) is 0.441. The molecule has 0 radical (unpaired) electrons. The van der Waals surface area contributed by atoms with Gasteiger partial charge in [-0.1, -0.05) is 31.5 Å². The van der Waals surface area contributed by atoms with E-state index >= 15 is 0 Å². The van der Waals surface area contributed by atoms with Crippen LogP contribution < -0.4 is 15.8 Å². The van der Waals surface area contributed by atoms with Gasteiger partial charge in [0, 0.05) is 21.7 Å². The molecule has 34 heavy (non-hydrogen) atoms. The van der Waals surface area contributed by atoms with Crippen molar-refractivity contribution in [3.05, 3.63) is 64.2 Å². The fourth-order valence-electron chi connectivity index (χ4n) is 4.04. The minimum absolute atomic E-state index is 0.139. The Morgan fingerprint density at radius 1 is 1.15 bits per heavy atom. The highest BCUT2D eigenvalue weighted by Gasteiger charge is 2.48. The molecule has 1 amide bonds. The molecule has 0 bridgehead atoms. The van der Waals surface area contributed by atoms with Crippen LogP contribution in [0, 0.1) is 5.92 Å². The molecule has 1 heterocycles. The van der Waals surface area contributed by atoms with E-state index in [0.29, 0.717) is 33.9 Å². The Labute approximate surface area is 204 Å². The van der Waals surface area contributed by atoms with Crippen LogP contribution in [0.5, 0.6) is 5.75 Å². The Morgan fingerprint density at radius 2 is 1.85 bits per heavy atom. The number of Topliss-reactive ketones (excluding diaryl/α,β-unsaturated/α-hetero) is 1. The first kappa shape index (κ1) is 25.7. The second-order valence-corrected chi connectivity index (χ2v) is 10.0. The first-order valence-corrected chi connectivity index (χ1v) is 11.6. The van der Waals surface area contributed by atoms with Crippen LogP contribution in [0.3, 0.4) is 0 Å². The molecule has 182 valence electrons. The zero-order valence-electron chi connectivity index (χ0n) is 20.1. The molecule has 0 saturated heterocycles. The second kappa shape index (κ2) is 10.2. The maximum atomic E-state index is 13.2. The van der Waals surface area contributed by atoms with Crippen LogP contribution in [-0.2, 0) is 9.53 Å². The standard InChI is InChI=1S/C26H31ClN2O5/c1-14(2)11-20(28)25(32)33-23-22(29-24(31)17-7-6-8-18(27)12-17)19-13-16(15(3)30)9-10-21(19)34-26(23,4)5/h6-10,12-14,20,22-23H,11,28H2,1-5H3,(H,29,31)/t20-,22-,23+/m0/s1. The van der Waals surface area contributed by atoms with Gasteiger partial charge in [0.15, 0.2) is 11.9 Å².